The maximum atomic E-state index is 11.9. The van der Waals surface area contributed by atoms with Gasteiger partial charge in [0.15, 0.2) is 0 Å². The highest BCUT2D eigenvalue weighted by Crippen LogP contribution is 2.08. The van der Waals surface area contributed by atoms with Crippen molar-refractivity contribution in [2.75, 3.05) is 32.7 Å². The number of nitrogens with two attached hydrogens (primary N) is 1. The molecule has 16 heavy (non-hydrogen) atoms. The number of thiocarbonyl (C=S) groups is 1. The number of carbonyl (C=O) groups is 1. The molecule has 5 heteroatoms. The molecular formula is C11H21N3OS. The van der Waals surface area contributed by atoms with Crippen LogP contribution in [0.1, 0.15) is 26.2 Å². The van der Waals surface area contributed by atoms with E-state index in [1.54, 1.807) is 0 Å². The summed E-state index contributed by atoms with van der Waals surface area (Å²) in [5.74, 6) is 0.238. The Balaban J connectivity index is 2.30. The number of carbonyl (C=O) groups excluding carboxylic acids is 1. The molecule has 0 atom stereocenters. The Bertz CT molecular complexity index is 252. The molecule has 1 saturated heterocycles. The first-order valence-corrected chi connectivity index (χ1v) is 6.32. The molecule has 1 heterocycles. The Kier molecular flexibility index (Phi) is 5.69. The number of rotatable bonds is 6. The fraction of sp³-hybridized carbons (Fsp3) is 0.818. The highest BCUT2D eigenvalue weighted by molar-refractivity contribution is 7.80. The van der Waals surface area contributed by atoms with Gasteiger partial charge in [-0.3, -0.25) is 9.69 Å². The lowest BCUT2D eigenvalue weighted by Crippen LogP contribution is -2.39. The Hall–Kier alpha value is -0.680. The average molecular weight is 243 g/mol. The normalized spacial score (nSPS) is 15.8. The second-order valence-corrected chi connectivity index (χ2v) is 4.70. The van der Waals surface area contributed by atoms with Crippen LogP contribution in [0, 0.1) is 0 Å². The van der Waals surface area contributed by atoms with Crippen molar-refractivity contribution < 1.29 is 4.79 Å². The fourth-order valence-electron chi connectivity index (χ4n) is 1.88. The van der Waals surface area contributed by atoms with E-state index in [1.807, 2.05) is 4.90 Å². The highest BCUT2D eigenvalue weighted by Gasteiger charge is 2.19. The standard InChI is InChI=1S/C11H21N3OS/c1-2-13(8-5-10(12)16)9-11(15)14-6-3-4-7-14/h2-9H2,1H3,(H2,12,16). The van der Waals surface area contributed by atoms with Crippen molar-refractivity contribution in [3.8, 4) is 0 Å². The van der Waals surface area contributed by atoms with Gasteiger partial charge in [-0.25, -0.2) is 0 Å². The number of hydrogen-bond donors (Lipinski definition) is 1. The minimum atomic E-state index is 0.238. The maximum Gasteiger partial charge on any atom is 0.236 e. The van der Waals surface area contributed by atoms with Crippen LogP contribution in [0.15, 0.2) is 0 Å². The lowest BCUT2D eigenvalue weighted by molar-refractivity contribution is -0.131. The number of hydrogen-bond acceptors (Lipinski definition) is 3. The summed E-state index contributed by atoms with van der Waals surface area (Å²) in [6.45, 7) is 6.04. The van der Waals surface area contributed by atoms with Gasteiger partial charge >= 0.3 is 0 Å². The summed E-state index contributed by atoms with van der Waals surface area (Å²) in [6, 6.07) is 0. The summed E-state index contributed by atoms with van der Waals surface area (Å²) >= 11 is 4.84. The van der Waals surface area contributed by atoms with Crippen LogP contribution in [0.4, 0.5) is 0 Å². The Morgan fingerprint density at radius 3 is 2.56 bits per heavy atom. The van der Waals surface area contributed by atoms with E-state index in [-0.39, 0.29) is 5.91 Å². The van der Waals surface area contributed by atoms with Gasteiger partial charge in [0.25, 0.3) is 0 Å². The third-order valence-electron chi connectivity index (χ3n) is 2.94. The molecule has 1 fully saturated rings. The van der Waals surface area contributed by atoms with Crippen LogP contribution in [0.25, 0.3) is 0 Å². The average Bonchev–Trinajstić information content (AvgIpc) is 2.76. The molecule has 0 radical (unpaired) electrons. The lowest BCUT2D eigenvalue weighted by atomic mass is 10.3. The van der Waals surface area contributed by atoms with E-state index >= 15 is 0 Å². The summed E-state index contributed by atoms with van der Waals surface area (Å²) in [5, 5.41) is 0. The Labute approximate surface area is 103 Å². The Morgan fingerprint density at radius 1 is 1.44 bits per heavy atom. The van der Waals surface area contributed by atoms with Gasteiger partial charge in [-0.2, -0.15) is 0 Å². The quantitative estimate of drug-likeness (QED) is 0.694. The minimum Gasteiger partial charge on any atom is -0.393 e. The van der Waals surface area contributed by atoms with Gasteiger partial charge in [0.1, 0.15) is 0 Å². The zero-order chi connectivity index (χ0) is 12.0. The lowest BCUT2D eigenvalue weighted by Gasteiger charge is -2.23. The van der Waals surface area contributed by atoms with Crippen LogP contribution in [-0.2, 0) is 4.79 Å². The van der Waals surface area contributed by atoms with E-state index in [4.69, 9.17) is 18.0 Å². The molecule has 1 aliphatic rings. The Morgan fingerprint density at radius 2 is 2.06 bits per heavy atom. The van der Waals surface area contributed by atoms with E-state index in [0.717, 1.165) is 39.0 Å². The summed E-state index contributed by atoms with van der Waals surface area (Å²) < 4.78 is 0. The molecule has 0 aromatic heterocycles. The van der Waals surface area contributed by atoms with Crippen LogP contribution in [0.5, 0.6) is 0 Å². The first kappa shape index (κ1) is 13.4. The molecule has 0 aromatic carbocycles. The number of amides is 1. The topological polar surface area (TPSA) is 49.6 Å². The third kappa shape index (κ3) is 4.45. The van der Waals surface area contributed by atoms with Crippen LogP contribution >= 0.6 is 12.2 Å². The number of likely N-dealkylation sites (N-methyl/N-ethyl adjacent to an activating group) is 1. The van der Waals surface area contributed by atoms with E-state index in [9.17, 15) is 4.79 Å². The molecule has 0 aromatic rings. The smallest absolute Gasteiger partial charge is 0.236 e. The first-order valence-electron chi connectivity index (χ1n) is 5.92. The van der Waals surface area contributed by atoms with Gasteiger partial charge in [0, 0.05) is 26.1 Å². The zero-order valence-electron chi connectivity index (χ0n) is 9.95. The number of likely N-dealkylation sites (tertiary alicyclic amines) is 1. The van der Waals surface area contributed by atoms with E-state index in [0.29, 0.717) is 18.0 Å². The van der Waals surface area contributed by atoms with Crippen molar-refractivity contribution in [2.45, 2.75) is 26.2 Å². The maximum absolute atomic E-state index is 11.9. The van der Waals surface area contributed by atoms with Gasteiger partial charge in [0.05, 0.1) is 11.5 Å². The van der Waals surface area contributed by atoms with Gasteiger partial charge in [0.2, 0.25) is 5.91 Å². The molecule has 0 spiro atoms. The summed E-state index contributed by atoms with van der Waals surface area (Å²) in [7, 11) is 0. The van der Waals surface area contributed by atoms with Crippen LogP contribution in [0.3, 0.4) is 0 Å². The number of nitrogens with zero attached hydrogens (tertiary/aromatic N) is 2. The minimum absolute atomic E-state index is 0.238. The van der Waals surface area contributed by atoms with Crippen molar-refractivity contribution in [3.05, 3.63) is 0 Å². The third-order valence-corrected chi connectivity index (χ3v) is 3.14. The van der Waals surface area contributed by atoms with Crippen LogP contribution in [-0.4, -0.2) is 53.4 Å². The predicted molar refractivity (Wildman–Crippen MR) is 69.3 cm³/mol. The van der Waals surface area contributed by atoms with E-state index < -0.39 is 0 Å². The highest BCUT2D eigenvalue weighted by atomic mass is 32.1. The summed E-state index contributed by atoms with van der Waals surface area (Å²) in [4.78, 5) is 16.4. The molecule has 0 unspecified atom stereocenters. The molecule has 1 rings (SSSR count). The predicted octanol–water partition coefficient (Wildman–Crippen LogP) is 0.607. The van der Waals surface area contributed by atoms with Gasteiger partial charge in [-0.05, 0) is 19.4 Å². The van der Waals surface area contributed by atoms with Crippen molar-refractivity contribution >= 4 is 23.1 Å². The van der Waals surface area contributed by atoms with Crippen molar-refractivity contribution in [1.29, 1.82) is 0 Å². The first-order chi connectivity index (χ1) is 7.63. The van der Waals surface area contributed by atoms with Gasteiger partial charge in [-0.15, -0.1) is 0 Å². The summed E-state index contributed by atoms with van der Waals surface area (Å²) in [5.41, 5.74) is 5.46. The SMILES string of the molecule is CCN(CCC(N)=S)CC(=O)N1CCCC1. The molecule has 0 bridgehead atoms. The molecule has 4 nitrogen and oxygen atoms in total. The van der Waals surface area contributed by atoms with Crippen molar-refractivity contribution in [1.82, 2.24) is 9.80 Å². The van der Waals surface area contributed by atoms with E-state index in [1.165, 1.54) is 0 Å². The van der Waals surface area contributed by atoms with Crippen molar-refractivity contribution in [2.24, 2.45) is 5.73 Å². The molecule has 0 saturated carbocycles. The van der Waals surface area contributed by atoms with Crippen LogP contribution in [0.2, 0.25) is 0 Å². The van der Waals surface area contributed by atoms with Crippen molar-refractivity contribution in [3.63, 3.8) is 0 Å². The molecule has 92 valence electrons. The molecule has 0 aliphatic carbocycles. The molecule has 1 amide bonds. The second-order valence-electron chi connectivity index (χ2n) is 4.17. The molecular weight excluding hydrogens is 222 g/mol. The van der Waals surface area contributed by atoms with Gasteiger partial charge in [-0.1, -0.05) is 19.1 Å². The van der Waals surface area contributed by atoms with Crippen LogP contribution < -0.4 is 5.73 Å². The zero-order valence-corrected chi connectivity index (χ0v) is 10.8. The monoisotopic (exact) mass is 243 g/mol. The fourth-order valence-corrected chi connectivity index (χ4v) is 1.97. The molecule has 2 N–H and O–H groups in total. The van der Waals surface area contributed by atoms with E-state index in [2.05, 4.69) is 11.8 Å². The van der Waals surface area contributed by atoms with Gasteiger partial charge < -0.3 is 10.6 Å². The second kappa shape index (κ2) is 6.81. The molecule has 1 aliphatic heterocycles. The summed E-state index contributed by atoms with van der Waals surface area (Å²) in [6.07, 6.45) is 2.98. The largest absolute Gasteiger partial charge is 0.393 e.